The SMILES string of the molecule is CCCCCCC(O)C(=O)C(=O)COP(=O)(O)O. The summed E-state index contributed by atoms with van der Waals surface area (Å²) in [5.41, 5.74) is 0. The maximum atomic E-state index is 11.3. The summed E-state index contributed by atoms with van der Waals surface area (Å²) in [4.78, 5) is 39.1. The number of hydrogen-bond donors (Lipinski definition) is 3. The number of carbonyl (C=O) groups excluding carboxylic acids is 2. The number of phosphoric ester groups is 1. The first-order valence-electron chi connectivity index (χ1n) is 5.73. The average molecular weight is 282 g/mol. The molecule has 3 N–H and O–H groups in total. The number of rotatable bonds is 10. The molecule has 0 radical (unpaired) electrons. The molecule has 0 spiro atoms. The van der Waals surface area contributed by atoms with Gasteiger partial charge < -0.3 is 14.9 Å². The number of carbonyl (C=O) groups is 2. The molecule has 106 valence electrons. The van der Waals surface area contributed by atoms with Gasteiger partial charge >= 0.3 is 7.82 Å². The van der Waals surface area contributed by atoms with Gasteiger partial charge in [-0.1, -0.05) is 32.6 Å². The first-order valence-corrected chi connectivity index (χ1v) is 7.26. The zero-order valence-corrected chi connectivity index (χ0v) is 11.1. The minimum Gasteiger partial charge on any atom is -0.385 e. The molecule has 0 aliphatic heterocycles. The molecule has 0 saturated carbocycles. The van der Waals surface area contributed by atoms with Gasteiger partial charge in [0.25, 0.3) is 0 Å². The van der Waals surface area contributed by atoms with Crippen LogP contribution >= 0.6 is 7.82 Å². The highest BCUT2D eigenvalue weighted by Crippen LogP contribution is 2.35. The normalized spacial score (nSPS) is 13.3. The lowest BCUT2D eigenvalue weighted by atomic mass is 10.0. The van der Waals surface area contributed by atoms with E-state index in [1.807, 2.05) is 6.92 Å². The lowest BCUT2D eigenvalue weighted by Gasteiger charge is -2.09. The van der Waals surface area contributed by atoms with Gasteiger partial charge in [0, 0.05) is 0 Å². The minimum atomic E-state index is -4.77. The van der Waals surface area contributed by atoms with Crippen molar-refractivity contribution in [1.29, 1.82) is 0 Å². The van der Waals surface area contributed by atoms with E-state index in [1.165, 1.54) is 0 Å². The van der Waals surface area contributed by atoms with E-state index in [1.54, 1.807) is 0 Å². The van der Waals surface area contributed by atoms with Crippen LogP contribution in [0.15, 0.2) is 0 Å². The smallest absolute Gasteiger partial charge is 0.385 e. The molecule has 0 fully saturated rings. The van der Waals surface area contributed by atoms with Gasteiger partial charge in [-0.2, -0.15) is 0 Å². The third kappa shape index (κ3) is 8.49. The summed E-state index contributed by atoms with van der Waals surface area (Å²) in [5, 5.41) is 9.40. The lowest BCUT2D eigenvalue weighted by molar-refractivity contribution is -0.143. The number of aliphatic hydroxyl groups excluding tert-OH is 1. The molecule has 0 rings (SSSR count). The maximum absolute atomic E-state index is 11.3. The van der Waals surface area contributed by atoms with Crippen LogP contribution in [0.25, 0.3) is 0 Å². The number of hydrogen-bond acceptors (Lipinski definition) is 5. The maximum Gasteiger partial charge on any atom is 0.470 e. The second-order valence-electron chi connectivity index (χ2n) is 3.92. The topological polar surface area (TPSA) is 121 Å². The van der Waals surface area contributed by atoms with E-state index >= 15 is 0 Å². The van der Waals surface area contributed by atoms with E-state index in [9.17, 15) is 19.3 Å². The Kier molecular flexibility index (Phi) is 8.22. The van der Waals surface area contributed by atoms with Crippen molar-refractivity contribution in [2.24, 2.45) is 0 Å². The largest absolute Gasteiger partial charge is 0.470 e. The molecule has 7 nitrogen and oxygen atoms in total. The molecule has 8 heteroatoms. The quantitative estimate of drug-likeness (QED) is 0.304. The zero-order chi connectivity index (χ0) is 14.2. The molecule has 1 unspecified atom stereocenters. The van der Waals surface area contributed by atoms with Crippen molar-refractivity contribution >= 4 is 19.4 Å². The van der Waals surface area contributed by atoms with E-state index in [-0.39, 0.29) is 6.42 Å². The Morgan fingerprint density at radius 2 is 1.83 bits per heavy atom. The van der Waals surface area contributed by atoms with Crippen LogP contribution in [0, 0.1) is 0 Å². The van der Waals surface area contributed by atoms with Crippen LogP contribution in [-0.4, -0.2) is 39.2 Å². The highest BCUT2D eigenvalue weighted by atomic mass is 31.2. The third-order valence-corrected chi connectivity index (χ3v) is 2.74. The Morgan fingerprint density at radius 1 is 1.22 bits per heavy atom. The highest BCUT2D eigenvalue weighted by molar-refractivity contribution is 7.46. The summed E-state index contributed by atoms with van der Waals surface area (Å²) in [6.45, 7) is 1.000. The molecule has 0 aliphatic rings. The number of phosphoric acid groups is 1. The van der Waals surface area contributed by atoms with Crippen LogP contribution in [-0.2, 0) is 18.7 Å². The molecule has 0 aromatic carbocycles. The molecule has 0 saturated heterocycles. The van der Waals surface area contributed by atoms with Crippen molar-refractivity contribution in [2.75, 3.05) is 6.61 Å². The Morgan fingerprint density at radius 3 is 2.33 bits per heavy atom. The molecule has 0 aromatic heterocycles. The van der Waals surface area contributed by atoms with E-state index in [0.29, 0.717) is 6.42 Å². The monoisotopic (exact) mass is 282 g/mol. The number of unbranched alkanes of at least 4 members (excludes halogenated alkanes) is 3. The van der Waals surface area contributed by atoms with Crippen LogP contribution in [0.4, 0.5) is 0 Å². The number of Topliss-reactive ketones (excluding diaryl/α,β-unsaturated/α-hetero) is 2. The average Bonchev–Trinajstić information content (AvgIpc) is 2.29. The second-order valence-corrected chi connectivity index (χ2v) is 5.16. The lowest BCUT2D eigenvalue weighted by Crippen LogP contribution is -2.31. The second kappa shape index (κ2) is 8.50. The van der Waals surface area contributed by atoms with Crippen LogP contribution in [0.2, 0.25) is 0 Å². The zero-order valence-electron chi connectivity index (χ0n) is 10.2. The summed E-state index contributed by atoms with van der Waals surface area (Å²) in [7, 11) is -4.77. The highest BCUT2D eigenvalue weighted by Gasteiger charge is 2.25. The molecule has 0 aliphatic carbocycles. The van der Waals surface area contributed by atoms with Crippen LogP contribution in [0.5, 0.6) is 0 Å². The molecule has 18 heavy (non-hydrogen) atoms. The van der Waals surface area contributed by atoms with Gasteiger partial charge in [-0.15, -0.1) is 0 Å². The fourth-order valence-electron chi connectivity index (χ4n) is 1.30. The van der Waals surface area contributed by atoms with Crippen molar-refractivity contribution in [3.05, 3.63) is 0 Å². The van der Waals surface area contributed by atoms with Crippen molar-refractivity contribution in [3.63, 3.8) is 0 Å². The van der Waals surface area contributed by atoms with Gasteiger partial charge in [-0.25, -0.2) is 4.57 Å². The fraction of sp³-hybridized carbons (Fsp3) is 0.800. The predicted octanol–water partition coefficient (Wildman–Crippen LogP) is 0.565. The number of aliphatic hydroxyl groups is 1. The molecule has 0 bridgehead atoms. The standard InChI is InChI=1S/C10H19O7P/c1-2-3-4-5-6-8(11)10(13)9(12)7-17-18(14,15)16/h8,11H,2-7H2,1H3,(H2,14,15,16). The number of ketones is 2. The van der Waals surface area contributed by atoms with Gasteiger partial charge in [0.05, 0.1) is 0 Å². The van der Waals surface area contributed by atoms with Crippen molar-refractivity contribution in [2.45, 2.75) is 45.1 Å². The molecular weight excluding hydrogens is 263 g/mol. The van der Waals surface area contributed by atoms with Crippen molar-refractivity contribution in [1.82, 2.24) is 0 Å². The Bertz CT molecular complexity index is 322. The third-order valence-electron chi connectivity index (χ3n) is 2.27. The molecule has 0 heterocycles. The van der Waals surface area contributed by atoms with Crippen LogP contribution < -0.4 is 0 Å². The van der Waals surface area contributed by atoms with Gasteiger partial charge in [-0.3, -0.25) is 14.1 Å². The summed E-state index contributed by atoms with van der Waals surface area (Å²) >= 11 is 0. The minimum absolute atomic E-state index is 0.167. The van der Waals surface area contributed by atoms with E-state index in [0.717, 1.165) is 19.3 Å². The van der Waals surface area contributed by atoms with E-state index in [4.69, 9.17) is 9.79 Å². The van der Waals surface area contributed by atoms with Crippen molar-refractivity contribution in [3.8, 4) is 0 Å². The fourth-order valence-corrected chi connectivity index (χ4v) is 1.58. The summed E-state index contributed by atoms with van der Waals surface area (Å²) in [5.74, 6) is -2.21. The molecule has 0 amide bonds. The van der Waals surface area contributed by atoms with Gasteiger partial charge in [0.15, 0.2) is 0 Å². The van der Waals surface area contributed by atoms with Crippen LogP contribution in [0.1, 0.15) is 39.0 Å². The Hall–Kier alpha value is -0.590. The van der Waals surface area contributed by atoms with Gasteiger partial charge in [0.1, 0.15) is 12.7 Å². The summed E-state index contributed by atoms with van der Waals surface area (Å²) in [6.07, 6.45) is 2.21. The Balaban J connectivity index is 3.97. The first-order chi connectivity index (χ1) is 8.28. The Labute approximate surface area is 105 Å². The molecule has 0 aromatic rings. The molecule has 1 atom stereocenters. The van der Waals surface area contributed by atoms with Crippen LogP contribution in [0.3, 0.4) is 0 Å². The van der Waals surface area contributed by atoms with E-state index in [2.05, 4.69) is 4.52 Å². The summed E-state index contributed by atoms with van der Waals surface area (Å²) < 4.78 is 14.2. The van der Waals surface area contributed by atoms with E-state index < -0.39 is 32.1 Å². The summed E-state index contributed by atoms with van der Waals surface area (Å²) in [6, 6.07) is 0. The first kappa shape index (κ1) is 17.4. The van der Waals surface area contributed by atoms with Crippen molar-refractivity contribution < 1.29 is 33.6 Å². The van der Waals surface area contributed by atoms with Gasteiger partial charge in [-0.05, 0) is 6.42 Å². The molecular formula is C10H19O7P. The predicted molar refractivity (Wildman–Crippen MR) is 62.8 cm³/mol. The van der Waals surface area contributed by atoms with Gasteiger partial charge in [0.2, 0.25) is 11.6 Å².